The van der Waals surface area contributed by atoms with Crippen LogP contribution < -0.4 is 5.32 Å². The molecule has 1 aromatic rings. The fourth-order valence-electron chi connectivity index (χ4n) is 3.43. The summed E-state index contributed by atoms with van der Waals surface area (Å²) in [7, 11) is 0. The zero-order chi connectivity index (χ0) is 15.3. The molecule has 0 radical (unpaired) electrons. The average molecular weight is 312 g/mol. The third-order valence-electron chi connectivity index (χ3n) is 4.56. The molecule has 0 atom stereocenters. The highest BCUT2D eigenvalue weighted by Crippen LogP contribution is 2.40. The highest BCUT2D eigenvalue weighted by atomic mass is 35.5. The molecule has 1 saturated carbocycles. The van der Waals surface area contributed by atoms with Gasteiger partial charge in [0.15, 0.2) is 0 Å². The lowest BCUT2D eigenvalue weighted by atomic mass is 9.70. The fraction of sp³-hybridized carbons (Fsp3) is 0.667. The minimum Gasteiger partial charge on any atom is -0.316 e. The van der Waals surface area contributed by atoms with Crippen LogP contribution in [0.5, 0.6) is 0 Å². The van der Waals surface area contributed by atoms with Crippen molar-refractivity contribution in [1.82, 2.24) is 5.32 Å². The van der Waals surface area contributed by atoms with E-state index in [-0.39, 0.29) is 11.2 Å². The molecule has 0 amide bonds. The molecule has 1 fully saturated rings. The molecule has 0 saturated heterocycles. The summed E-state index contributed by atoms with van der Waals surface area (Å²) in [6, 6.07) is 5.19. The van der Waals surface area contributed by atoms with Crippen molar-refractivity contribution in [2.75, 3.05) is 13.1 Å². The second kappa shape index (κ2) is 7.60. The molecule has 3 heteroatoms. The van der Waals surface area contributed by atoms with Crippen molar-refractivity contribution in [1.29, 1.82) is 0 Å². The molecule has 1 aromatic carbocycles. The van der Waals surface area contributed by atoms with E-state index in [4.69, 9.17) is 11.6 Å². The van der Waals surface area contributed by atoms with Gasteiger partial charge in [0.2, 0.25) is 0 Å². The van der Waals surface area contributed by atoms with Gasteiger partial charge in [-0.15, -0.1) is 0 Å². The van der Waals surface area contributed by atoms with Crippen molar-refractivity contribution < 1.29 is 4.39 Å². The van der Waals surface area contributed by atoms with Crippen LogP contribution in [0, 0.1) is 17.2 Å². The normalized spacial score (nSPS) is 18.1. The molecule has 0 aromatic heterocycles. The summed E-state index contributed by atoms with van der Waals surface area (Å²) in [6.45, 7) is 6.50. The average Bonchev–Trinajstić information content (AvgIpc) is 2.44. The second-order valence-electron chi connectivity index (χ2n) is 6.98. The van der Waals surface area contributed by atoms with Gasteiger partial charge in [-0.1, -0.05) is 56.8 Å². The largest absolute Gasteiger partial charge is 0.316 e. The Kier molecular flexibility index (Phi) is 6.07. The molecule has 0 bridgehead atoms. The van der Waals surface area contributed by atoms with Crippen molar-refractivity contribution in [2.24, 2.45) is 11.3 Å². The summed E-state index contributed by atoms with van der Waals surface area (Å²) in [6.07, 6.45) is 7.18. The molecule has 2 rings (SSSR count). The predicted octanol–water partition coefficient (Wildman–Crippen LogP) is 5.22. The topological polar surface area (TPSA) is 12.0 Å². The molecule has 1 aliphatic rings. The summed E-state index contributed by atoms with van der Waals surface area (Å²) < 4.78 is 13.7. The van der Waals surface area contributed by atoms with E-state index in [9.17, 15) is 4.39 Å². The zero-order valence-electron chi connectivity index (χ0n) is 13.2. The molecular weight excluding hydrogens is 285 g/mol. The molecule has 1 nitrogen and oxygen atoms in total. The van der Waals surface area contributed by atoms with Crippen molar-refractivity contribution >= 4 is 11.6 Å². The Morgan fingerprint density at radius 2 is 1.95 bits per heavy atom. The van der Waals surface area contributed by atoms with Crippen LogP contribution >= 0.6 is 11.6 Å². The molecule has 0 spiro atoms. The Bertz CT molecular complexity index is 453. The van der Waals surface area contributed by atoms with Crippen molar-refractivity contribution in [3.8, 4) is 0 Å². The van der Waals surface area contributed by atoms with E-state index in [2.05, 4.69) is 19.2 Å². The minimum atomic E-state index is -0.296. The van der Waals surface area contributed by atoms with E-state index < -0.39 is 0 Å². The lowest BCUT2D eigenvalue weighted by Crippen LogP contribution is -2.39. The summed E-state index contributed by atoms with van der Waals surface area (Å²) in [5.74, 6) is 0.360. The maximum Gasteiger partial charge on any atom is 0.142 e. The molecule has 21 heavy (non-hydrogen) atoms. The van der Waals surface area contributed by atoms with Gasteiger partial charge in [0.25, 0.3) is 0 Å². The van der Waals surface area contributed by atoms with Crippen molar-refractivity contribution in [3.05, 3.63) is 34.6 Å². The van der Waals surface area contributed by atoms with Gasteiger partial charge in [-0.2, -0.15) is 0 Å². The van der Waals surface area contributed by atoms with Crippen LogP contribution in [-0.4, -0.2) is 13.1 Å². The second-order valence-corrected chi connectivity index (χ2v) is 7.35. The van der Waals surface area contributed by atoms with E-state index >= 15 is 0 Å². The van der Waals surface area contributed by atoms with E-state index in [1.807, 2.05) is 6.07 Å². The van der Waals surface area contributed by atoms with E-state index in [0.717, 1.165) is 25.1 Å². The van der Waals surface area contributed by atoms with Gasteiger partial charge < -0.3 is 5.32 Å². The minimum absolute atomic E-state index is 0.241. The third-order valence-corrected chi connectivity index (χ3v) is 4.99. The van der Waals surface area contributed by atoms with E-state index in [0.29, 0.717) is 10.9 Å². The summed E-state index contributed by atoms with van der Waals surface area (Å²) in [4.78, 5) is 0. The van der Waals surface area contributed by atoms with E-state index in [1.165, 1.54) is 38.2 Å². The first-order chi connectivity index (χ1) is 10.0. The van der Waals surface area contributed by atoms with Crippen LogP contribution in [0.4, 0.5) is 4.39 Å². The van der Waals surface area contributed by atoms with Gasteiger partial charge >= 0.3 is 0 Å². The standard InChI is InChI=1S/C18H27ClFN/c1-14(2)12-21-13-18(9-4-3-5-10-18)11-15-7-6-8-16(20)17(15)19/h6-8,14,21H,3-5,9-13H2,1-2H3. The molecule has 0 unspecified atom stereocenters. The molecule has 1 aliphatic carbocycles. The first kappa shape index (κ1) is 16.8. The first-order valence-electron chi connectivity index (χ1n) is 8.16. The van der Waals surface area contributed by atoms with E-state index in [1.54, 1.807) is 6.07 Å². The van der Waals surface area contributed by atoms with Gasteiger partial charge in [0.05, 0.1) is 5.02 Å². The highest BCUT2D eigenvalue weighted by Gasteiger charge is 2.32. The Morgan fingerprint density at radius 3 is 2.62 bits per heavy atom. The SMILES string of the molecule is CC(C)CNCC1(Cc2cccc(F)c2Cl)CCCCC1. The Labute approximate surface area is 133 Å². The van der Waals surface area contributed by atoms with Crippen LogP contribution in [0.3, 0.4) is 0 Å². The Balaban J connectivity index is 2.10. The summed E-state index contributed by atoms with van der Waals surface area (Å²) in [5.41, 5.74) is 1.20. The first-order valence-corrected chi connectivity index (χ1v) is 8.54. The maximum absolute atomic E-state index is 13.7. The molecule has 1 N–H and O–H groups in total. The summed E-state index contributed by atoms with van der Waals surface area (Å²) in [5, 5.41) is 3.92. The quantitative estimate of drug-likeness (QED) is 0.759. The number of benzene rings is 1. The lowest BCUT2D eigenvalue weighted by molar-refractivity contribution is 0.179. The predicted molar refractivity (Wildman–Crippen MR) is 88.3 cm³/mol. The lowest BCUT2D eigenvalue weighted by Gasteiger charge is -2.38. The number of hydrogen-bond donors (Lipinski definition) is 1. The van der Waals surface area contributed by atoms with Gasteiger partial charge in [-0.3, -0.25) is 0 Å². The maximum atomic E-state index is 13.7. The van der Waals surface area contributed by atoms with Crippen LogP contribution in [-0.2, 0) is 6.42 Å². The van der Waals surface area contributed by atoms with Gasteiger partial charge in [-0.05, 0) is 48.8 Å². The monoisotopic (exact) mass is 311 g/mol. The van der Waals surface area contributed by atoms with Crippen LogP contribution in [0.15, 0.2) is 18.2 Å². The van der Waals surface area contributed by atoms with Crippen molar-refractivity contribution in [3.63, 3.8) is 0 Å². The fourth-order valence-corrected chi connectivity index (χ4v) is 3.63. The number of rotatable bonds is 6. The Hall–Kier alpha value is -0.600. The van der Waals surface area contributed by atoms with Gasteiger partial charge in [-0.25, -0.2) is 4.39 Å². The molecular formula is C18H27ClFN. The number of hydrogen-bond acceptors (Lipinski definition) is 1. The Morgan fingerprint density at radius 1 is 1.24 bits per heavy atom. The number of nitrogens with one attached hydrogen (secondary N) is 1. The van der Waals surface area contributed by atoms with Crippen LogP contribution in [0.25, 0.3) is 0 Å². The molecule has 0 aliphatic heterocycles. The molecule has 0 heterocycles. The highest BCUT2D eigenvalue weighted by molar-refractivity contribution is 6.31. The van der Waals surface area contributed by atoms with Gasteiger partial charge in [0, 0.05) is 6.54 Å². The van der Waals surface area contributed by atoms with Gasteiger partial charge in [0.1, 0.15) is 5.82 Å². The third kappa shape index (κ3) is 4.69. The van der Waals surface area contributed by atoms with Crippen LogP contribution in [0.1, 0.15) is 51.5 Å². The zero-order valence-corrected chi connectivity index (χ0v) is 14.0. The molecule has 118 valence electrons. The summed E-state index contributed by atoms with van der Waals surface area (Å²) >= 11 is 6.16. The smallest absolute Gasteiger partial charge is 0.142 e. The van der Waals surface area contributed by atoms with Crippen LogP contribution in [0.2, 0.25) is 5.02 Å². The van der Waals surface area contributed by atoms with Crippen molar-refractivity contribution in [2.45, 2.75) is 52.4 Å². The number of halogens is 2.